The summed E-state index contributed by atoms with van der Waals surface area (Å²) in [4.78, 5) is 2.01. The molecule has 1 heterocycles. The average molecular weight is 302 g/mol. The molecule has 0 amide bonds. The van der Waals surface area contributed by atoms with E-state index < -0.39 is 0 Å². The molecule has 1 aliphatic heterocycles. The predicted octanol–water partition coefficient (Wildman–Crippen LogP) is 3.36. The van der Waals surface area contributed by atoms with E-state index in [1.54, 1.807) is 24.3 Å². The van der Waals surface area contributed by atoms with Crippen molar-refractivity contribution in [2.45, 2.75) is 18.9 Å². The Morgan fingerprint density at radius 1 is 1.05 bits per heavy atom. The lowest BCUT2D eigenvalue weighted by atomic mass is 9.88. The first kappa shape index (κ1) is 15.0. The zero-order valence-electron chi connectivity index (χ0n) is 12.4. The maximum atomic E-state index is 14.0. The molecule has 2 nitrogen and oxygen atoms in total. The Balaban J connectivity index is 1.75. The summed E-state index contributed by atoms with van der Waals surface area (Å²) in [5.74, 6) is -0.144. The summed E-state index contributed by atoms with van der Waals surface area (Å²) < 4.78 is 27.3. The minimum absolute atomic E-state index is 0.00640. The molecule has 0 saturated carbocycles. The van der Waals surface area contributed by atoms with Gasteiger partial charge in [0.2, 0.25) is 0 Å². The van der Waals surface area contributed by atoms with Crippen LogP contribution in [0.3, 0.4) is 0 Å². The Kier molecular flexibility index (Phi) is 4.39. The van der Waals surface area contributed by atoms with Gasteiger partial charge >= 0.3 is 0 Å². The molecule has 0 aromatic heterocycles. The third-order valence-electron chi connectivity index (χ3n) is 4.18. The number of hydrogen-bond donors (Lipinski definition) is 1. The van der Waals surface area contributed by atoms with Gasteiger partial charge in [-0.1, -0.05) is 24.3 Å². The topological polar surface area (TPSA) is 29.3 Å². The summed E-state index contributed by atoms with van der Waals surface area (Å²) in [5.41, 5.74) is 7.71. The Morgan fingerprint density at radius 3 is 2.64 bits per heavy atom. The van der Waals surface area contributed by atoms with Gasteiger partial charge in [0.25, 0.3) is 0 Å². The lowest BCUT2D eigenvalue weighted by Crippen LogP contribution is -2.48. The Labute approximate surface area is 129 Å². The number of nitrogens with zero attached hydrogens (tertiary/aromatic N) is 1. The number of hydrogen-bond acceptors (Lipinski definition) is 2. The Bertz CT molecular complexity index is 644. The Hall–Kier alpha value is -1.94. The van der Waals surface area contributed by atoms with E-state index >= 15 is 0 Å². The molecule has 116 valence electrons. The standard InChI is InChI=1S/C18H20F2N2/c19-15-5-3-4-13(9-15)8-14-10-16(21)12-22(11-14)18-7-2-1-6-17(18)20/h1-7,9,14,16H,8,10-12,21H2. The van der Waals surface area contributed by atoms with Crippen molar-refractivity contribution in [1.29, 1.82) is 0 Å². The molecule has 2 unspecified atom stereocenters. The van der Waals surface area contributed by atoms with Crippen molar-refractivity contribution in [2.75, 3.05) is 18.0 Å². The van der Waals surface area contributed by atoms with Crippen molar-refractivity contribution in [3.63, 3.8) is 0 Å². The van der Waals surface area contributed by atoms with Gasteiger partial charge in [0.05, 0.1) is 5.69 Å². The molecule has 2 N–H and O–H groups in total. The van der Waals surface area contributed by atoms with E-state index in [1.165, 1.54) is 12.1 Å². The van der Waals surface area contributed by atoms with Crippen LogP contribution in [0.4, 0.5) is 14.5 Å². The number of nitrogens with two attached hydrogens (primary N) is 1. The third-order valence-corrected chi connectivity index (χ3v) is 4.18. The number of rotatable bonds is 3. The van der Waals surface area contributed by atoms with E-state index in [2.05, 4.69) is 0 Å². The van der Waals surface area contributed by atoms with Gasteiger partial charge in [-0.25, -0.2) is 8.78 Å². The third kappa shape index (κ3) is 3.45. The van der Waals surface area contributed by atoms with Crippen LogP contribution in [-0.2, 0) is 6.42 Å². The van der Waals surface area contributed by atoms with Gasteiger partial charge in [0, 0.05) is 19.1 Å². The normalized spacial score (nSPS) is 21.9. The summed E-state index contributed by atoms with van der Waals surface area (Å²) in [6.07, 6.45) is 1.64. The van der Waals surface area contributed by atoms with Crippen LogP contribution in [0.25, 0.3) is 0 Å². The molecule has 2 aromatic carbocycles. The molecule has 1 saturated heterocycles. The van der Waals surface area contributed by atoms with E-state index in [0.29, 0.717) is 18.2 Å². The van der Waals surface area contributed by atoms with Gasteiger partial charge in [-0.2, -0.15) is 0 Å². The van der Waals surface area contributed by atoms with Crippen molar-refractivity contribution in [1.82, 2.24) is 0 Å². The summed E-state index contributed by atoms with van der Waals surface area (Å²) in [6, 6.07) is 13.4. The van der Waals surface area contributed by atoms with Crippen LogP contribution in [0, 0.1) is 17.6 Å². The van der Waals surface area contributed by atoms with Crippen LogP contribution < -0.4 is 10.6 Å². The van der Waals surface area contributed by atoms with Gasteiger partial charge < -0.3 is 10.6 Å². The number of halogens is 2. The van der Waals surface area contributed by atoms with Crippen LogP contribution in [0.5, 0.6) is 0 Å². The maximum Gasteiger partial charge on any atom is 0.146 e. The number of anilines is 1. The molecule has 2 atom stereocenters. The summed E-state index contributed by atoms with van der Waals surface area (Å²) in [5, 5.41) is 0. The van der Waals surface area contributed by atoms with Crippen LogP contribution in [0.2, 0.25) is 0 Å². The summed E-state index contributed by atoms with van der Waals surface area (Å²) >= 11 is 0. The number of benzene rings is 2. The molecule has 2 aromatic rings. The second-order valence-electron chi connectivity index (χ2n) is 6.05. The quantitative estimate of drug-likeness (QED) is 0.942. The minimum atomic E-state index is -0.221. The highest BCUT2D eigenvalue weighted by molar-refractivity contribution is 5.48. The number of piperidine rings is 1. The molecular formula is C18H20F2N2. The SMILES string of the molecule is NC1CC(Cc2cccc(F)c2)CN(c2ccccc2F)C1. The van der Waals surface area contributed by atoms with E-state index in [1.807, 2.05) is 17.0 Å². The van der Waals surface area contributed by atoms with Gasteiger partial charge in [-0.3, -0.25) is 0 Å². The molecule has 1 aliphatic rings. The predicted molar refractivity (Wildman–Crippen MR) is 84.8 cm³/mol. The van der Waals surface area contributed by atoms with Crippen molar-refractivity contribution in [2.24, 2.45) is 11.7 Å². The average Bonchev–Trinajstić information content (AvgIpc) is 2.47. The van der Waals surface area contributed by atoms with Crippen molar-refractivity contribution in [3.05, 3.63) is 65.7 Å². The molecule has 1 fully saturated rings. The monoisotopic (exact) mass is 302 g/mol. The highest BCUT2D eigenvalue weighted by Gasteiger charge is 2.26. The zero-order valence-corrected chi connectivity index (χ0v) is 12.4. The van der Waals surface area contributed by atoms with E-state index in [0.717, 1.165) is 24.9 Å². The first-order valence-corrected chi connectivity index (χ1v) is 7.61. The van der Waals surface area contributed by atoms with Crippen LogP contribution >= 0.6 is 0 Å². The first-order valence-electron chi connectivity index (χ1n) is 7.61. The van der Waals surface area contributed by atoms with Crippen LogP contribution in [0.15, 0.2) is 48.5 Å². The van der Waals surface area contributed by atoms with Gasteiger partial charge in [-0.15, -0.1) is 0 Å². The second kappa shape index (κ2) is 6.44. The highest BCUT2D eigenvalue weighted by Crippen LogP contribution is 2.27. The molecule has 0 aliphatic carbocycles. The zero-order chi connectivity index (χ0) is 15.5. The van der Waals surface area contributed by atoms with Gasteiger partial charge in [-0.05, 0) is 48.6 Å². The molecule has 4 heteroatoms. The number of para-hydroxylation sites is 1. The fourth-order valence-corrected chi connectivity index (χ4v) is 3.30. The molecule has 22 heavy (non-hydrogen) atoms. The fraction of sp³-hybridized carbons (Fsp3) is 0.333. The first-order chi connectivity index (χ1) is 10.6. The highest BCUT2D eigenvalue weighted by atomic mass is 19.1. The molecule has 0 bridgehead atoms. The van der Waals surface area contributed by atoms with E-state index in [4.69, 9.17) is 5.73 Å². The molecule has 3 rings (SSSR count). The summed E-state index contributed by atoms with van der Waals surface area (Å²) in [7, 11) is 0. The van der Waals surface area contributed by atoms with Crippen LogP contribution in [-0.4, -0.2) is 19.1 Å². The van der Waals surface area contributed by atoms with Crippen molar-refractivity contribution < 1.29 is 8.78 Å². The van der Waals surface area contributed by atoms with Gasteiger partial charge in [0.1, 0.15) is 11.6 Å². The maximum absolute atomic E-state index is 14.0. The Morgan fingerprint density at radius 2 is 1.86 bits per heavy atom. The summed E-state index contributed by atoms with van der Waals surface area (Å²) in [6.45, 7) is 1.39. The van der Waals surface area contributed by atoms with E-state index in [-0.39, 0.29) is 17.7 Å². The largest absolute Gasteiger partial charge is 0.367 e. The van der Waals surface area contributed by atoms with Crippen molar-refractivity contribution in [3.8, 4) is 0 Å². The second-order valence-corrected chi connectivity index (χ2v) is 6.05. The molecular weight excluding hydrogens is 282 g/mol. The van der Waals surface area contributed by atoms with Crippen molar-refractivity contribution >= 4 is 5.69 Å². The minimum Gasteiger partial charge on any atom is -0.367 e. The lowest BCUT2D eigenvalue weighted by Gasteiger charge is -2.38. The smallest absolute Gasteiger partial charge is 0.146 e. The molecule has 0 spiro atoms. The fourth-order valence-electron chi connectivity index (χ4n) is 3.30. The van der Waals surface area contributed by atoms with E-state index in [9.17, 15) is 8.78 Å². The molecule has 0 radical (unpaired) electrons. The lowest BCUT2D eigenvalue weighted by molar-refractivity contribution is 0.372. The van der Waals surface area contributed by atoms with Gasteiger partial charge in [0.15, 0.2) is 0 Å². The van der Waals surface area contributed by atoms with Crippen LogP contribution in [0.1, 0.15) is 12.0 Å².